The van der Waals surface area contributed by atoms with Gasteiger partial charge < -0.3 is 10.6 Å². The van der Waals surface area contributed by atoms with Crippen molar-refractivity contribution in [1.82, 2.24) is 4.98 Å². The van der Waals surface area contributed by atoms with E-state index in [1.54, 1.807) is 6.07 Å². The highest BCUT2D eigenvalue weighted by Gasteiger charge is 2.10. The standard InChI is InChI=1S/C10H16ClN3/c1-4-7(2)14(3)10-6-8(12)5-9(11)13-10/h5-7H,4H2,1-3H3,(H2,12,13). The number of hydrogen-bond donors (Lipinski definition) is 1. The normalized spacial score (nSPS) is 12.6. The van der Waals surface area contributed by atoms with Crippen LogP contribution in [0.1, 0.15) is 20.3 Å². The Labute approximate surface area is 89.9 Å². The molecule has 1 aromatic heterocycles. The Morgan fingerprint density at radius 3 is 2.71 bits per heavy atom. The number of halogens is 1. The van der Waals surface area contributed by atoms with Crippen LogP contribution in [0.3, 0.4) is 0 Å². The van der Waals surface area contributed by atoms with Crippen LogP contribution in [0.15, 0.2) is 12.1 Å². The molecular formula is C10H16ClN3. The first kappa shape index (κ1) is 11.1. The second kappa shape index (κ2) is 4.51. The summed E-state index contributed by atoms with van der Waals surface area (Å²) in [5.74, 6) is 0.823. The molecule has 1 heterocycles. The van der Waals surface area contributed by atoms with Crippen LogP contribution in [0.2, 0.25) is 5.15 Å². The van der Waals surface area contributed by atoms with E-state index in [9.17, 15) is 0 Å². The van der Waals surface area contributed by atoms with Gasteiger partial charge in [-0.2, -0.15) is 0 Å². The van der Waals surface area contributed by atoms with E-state index in [2.05, 4.69) is 23.7 Å². The summed E-state index contributed by atoms with van der Waals surface area (Å²) in [6.45, 7) is 4.27. The molecule has 0 bridgehead atoms. The third-order valence-electron chi connectivity index (χ3n) is 2.42. The lowest BCUT2D eigenvalue weighted by molar-refractivity contribution is 0.657. The molecule has 1 atom stereocenters. The minimum atomic E-state index is 0.431. The molecule has 0 aliphatic carbocycles. The van der Waals surface area contributed by atoms with Gasteiger partial charge >= 0.3 is 0 Å². The molecule has 1 rings (SSSR count). The van der Waals surface area contributed by atoms with E-state index in [-0.39, 0.29) is 0 Å². The van der Waals surface area contributed by atoms with E-state index in [0.717, 1.165) is 12.2 Å². The molecular weight excluding hydrogens is 198 g/mol. The molecule has 0 aromatic carbocycles. The summed E-state index contributed by atoms with van der Waals surface area (Å²) in [7, 11) is 1.99. The summed E-state index contributed by atoms with van der Waals surface area (Å²) in [6.07, 6.45) is 1.06. The zero-order chi connectivity index (χ0) is 10.7. The van der Waals surface area contributed by atoms with E-state index in [0.29, 0.717) is 16.9 Å². The minimum absolute atomic E-state index is 0.431. The maximum absolute atomic E-state index is 5.82. The maximum Gasteiger partial charge on any atom is 0.133 e. The van der Waals surface area contributed by atoms with Gasteiger partial charge in [-0.1, -0.05) is 18.5 Å². The lowest BCUT2D eigenvalue weighted by atomic mass is 10.2. The van der Waals surface area contributed by atoms with Gasteiger partial charge in [0.05, 0.1) is 0 Å². The van der Waals surface area contributed by atoms with Crippen molar-refractivity contribution in [2.24, 2.45) is 0 Å². The predicted molar refractivity (Wildman–Crippen MR) is 61.8 cm³/mol. The van der Waals surface area contributed by atoms with Crippen LogP contribution in [0.4, 0.5) is 11.5 Å². The van der Waals surface area contributed by atoms with Crippen LogP contribution in [0.5, 0.6) is 0 Å². The number of rotatable bonds is 3. The smallest absolute Gasteiger partial charge is 0.133 e. The van der Waals surface area contributed by atoms with Crippen LogP contribution in [-0.2, 0) is 0 Å². The molecule has 78 valence electrons. The van der Waals surface area contributed by atoms with Gasteiger partial charge in [-0.25, -0.2) is 4.98 Å². The van der Waals surface area contributed by atoms with Crippen molar-refractivity contribution in [3.63, 3.8) is 0 Å². The van der Waals surface area contributed by atoms with Crippen LogP contribution < -0.4 is 10.6 Å². The van der Waals surface area contributed by atoms with Gasteiger partial charge in [0.25, 0.3) is 0 Å². The molecule has 0 amide bonds. The lowest BCUT2D eigenvalue weighted by Gasteiger charge is -2.25. The fourth-order valence-corrected chi connectivity index (χ4v) is 1.40. The molecule has 0 aliphatic heterocycles. The molecule has 0 fully saturated rings. The predicted octanol–water partition coefficient (Wildman–Crippen LogP) is 2.55. The summed E-state index contributed by atoms with van der Waals surface area (Å²) in [4.78, 5) is 6.29. The van der Waals surface area contributed by atoms with Gasteiger partial charge in [0, 0.05) is 24.8 Å². The van der Waals surface area contributed by atoms with E-state index in [1.807, 2.05) is 13.1 Å². The van der Waals surface area contributed by atoms with Gasteiger partial charge in [0.1, 0.15) is 11.0 Å². The van der Waals surface area contributed by atoms with Crippen molar-refractivity contribution >= 4 is 23.1 Å². The first-order valence-electron chi connectivity index (χ1n) is 4.70. The van der Waals surface area contributed by atoms with E-state index in [4.69, 9.17) is 17.3 Å². The van der Waals surface area contributed by atoms with Gasteiger partial charge in [0.15, 0.2) is 0 Å². The molecule has 0 saturated carbocycles. The maximum atomic E-state index is 5.82. The van der Waals surface area contributed by atoms with E-state index in [1.165, 1.54) is 0 Å². The molecule has 1 aromatic rings. The van der Waals surface area contributed by atoms with E-state index < -0.39 is 0 Å². The number of anilines is 2. The highest BCUT2D eigenvalue weighted by atomic mass is 35.5. The zero-order valence-corrected chi connectivity index (χ0v) is 9.54. The highest BCUT2D eigenvalue weighted by molar-refractivity contribution is 6.29. The summed E-state index contributed by atoms with van der Waals surface area (Å²) in [5, 5.41) is 0.440. The third-order valence-corrected chi connectivity index (χ3v) is 2.61. The minimum Gasteiger partial charge on any atom is -0.399 e. The third kappa shape index (κ3) is 2.51. The number of nitrogens with zero attached hydrogens (tertiary/aromatic N) is 2. The molecule has 2 N–H and O–H groups in total. The zero-order valence-electron chi connectivity index (χ0n) is 8.79. The van der Waals surface area contributed by atoms with Crippen LogP contribution >= 0.6 is 11.6 Å². The molecule has 3 nitrogen and oxygen atoms in total. The van der Waals surface area contributed by atoms with Crippen molar-refractivity contribution in [3.05, 3.63) is 17.3 Å². The highest BCUT2D eigenvalue weighted by Crippen LogP contribution is 2.20. The number of pyridine rings is 1. The Hall–Kier alpha value is -0.960. The quantitative estimate of drug-likeness (QED) is 0.785. The molecule has 1 unspecified atom stereocenters. The van der Waals surface area contributed by atoms with Crippen LogP contribution in [0, 0.1) is 0 Å². The SMILES string of the molecule is CCC(C)N(C)c1cc(N)cc(Cl)n1. The van der Waals surface area contributed by atoms with Crippen molar-refractivity contribution in [2.75, 3.05) is 17.7 Å². The van der Waals surface area contributed by atoms with Crippen molar-refractivity contribution < 1.29 is 0 Å². The Morgan fingerprint density at radius 2 is 2.21 bits per heavy atom. The molecule has 0 saturated heterocycles. The van der Waals surface area contributed by atoms with Gasteiger partial charge in [0.2, 0.25) is 0 Å². The Morgan fingerprint density at radius 1 is 1.57 bits per heavy atom. The largest absolute Gasteiger partial charge is 0.399 e. The monoisotopic (exact) mass is 213 g/mol. The second-order valence-corrected chi connectivity index (χ2v) is 3.84. The van der Waals surface area contributed by atoms with Gasteiger partial charge in [-0.3, -0.25) is 0 Å². The fourth-order valence-electron chi connectivity index (χ4n) is 1.18. The average molecular weight is 214 g/mol. The average Bonchev–Trinajstić information content (AvgIpc) is 2.14. The second-order valence-electron chi connectivity index (χ2n) is 3.45. The van der Waals surface area contributed by atoms with Crippen molar-refractivity contribution in [1.29, 1.82) is 0 Å². The lowest BCUT2D eigenvalue weighted by Crippen LogP contribution is -2.28. The van der Waals surface area contributed by atoms with Crippen LogP contribution in [-0.4, -0.2) is 18.1 Å². The Bertz CT molecular complexity index is 294. The number of nitrogens with two attached hydrogens (primary N) is 1. The fraction of sp³-hybridized carbons (Fsp3) is 0.500. The van der Waals surface area contributed by atoms with Crippen LogP contribution in [0.25, 0.3) is 0 Å². The molecule has 4 heteroatoms. The van der Waals surface area contributed by atoms with Gasteiger partial charge in [-0.05, 0) is 19.4 Å². The van der Waals surface area contributed by atoms with Crippen molar-refractivity contribution in [2.45, 2.75) is 26.3 Å². The number of hydrogen-bond acceptors (Lipinski definition) is 3. The summed E-state index contributed by atoms with van der Waals surface area (Å²) in [5.41, 5.74) is 6.34. The Balaban J connectivity index is 2.94. The van der Waals surface area contributed by atoms with Crippen molar-refractivity contribution in [3.8, 4) is 0 Å². The summed E-state index contributed by atoms with van der Waals surface area (Å²) >= 11 is 5.82. The number of aromatic nitrogens is 1. The van der Waals surface area contributed by atoms with E-state index >= 15 is 0 Å². The molecule has 0 radical (unpaired) electrons. The first-order chi connectivity index (χ1) is 6.54. The molecule has 0 aliphatic rings. The van der Waals surface area contributed by atoms with Gasteiger partial charge in [-0.15, -0.1) is 0 Å². The summed E-state index contributed by atoms with van der Waals surface area (Å²) in [6, 6.07) is 3.91. The topological polar surface area (TPSA) is 42.1 Å². The molecule has 14 heavy (non-hydrogen) atoms. The first-order valence-corrected chi connectivity index (χ1v) is 5.08. The Kier molecular flexibility index (Phi) is 3.58. The number of nitrogen functional groups attached to an aromatic ring is 1. The summed E-state index contributed by atoms with van der Waals surface area (Å²) < 4.78 is 0. The molecule has 0 spiro atoms.